The van der Waals surface area contributed by atoms with Crippen LogP contribution in [0, 0.1) is 6.92 Å². The minimum atomic E-state index is -0.197. The summed E-state index contributed by atoms with van der Waals surface area (Å²) in [5.41, 5.74) is 1.28. The highest BCUT2D eigenvalue weighted by molar-refractivity contribution is 14.0. The Morgan fingerprint density at radius 3 is 2.67 bits per heavy atom. The highest BCUT2D eigenvalue weighted by Crippen LogP contribution is 2.14. The number of rotatable bonds is 6. The summed E-state index contributed by atoms with van der Waals surface area (Å²) in [7, 11) is 1.71. The maximum atomic E-state index is 11.4. The number of carbonyl (C=O) groups is 1. The standard InChI is InChI=1S/C14H23N3O2S.HI/c1-10(2)19-13(18)5-7-16-14(15-4)17-9-12-11(3)6-8-20-12;/h6,8,10H,5,7,9H2,1-4H3,(H2,15,16,17);1H. The lowest BCUT2D eigenvalue weighted by molar-refractivity contribution is -0.147. The third-order valence-electron chi connectivity index (χ3n) is 2.60. The van der Waals surface area contributed by atoms with Crippen LogP contribution in [0.1, 0.15) is 30.7 Å². The topological polar surface area (TPSA) is 62.7 Å². The lowest BCUT2D eigenvalue weighted by Crippen LogP contribution is -2.38. The number of halogens is 1. The smallest absolute Gasteiger partial charge is 0.307 e. The van der Waals surface area contributed by atoms with E-state index in [0.717, 1.165) is 6.54 Å². The van der Waals surface area contributed by atoms with E-state index < -0.39 is 0 Å². The van der Waals surface area contributed by atoms with Gasteiger partial charge in [-0.3, -0.25) is 9.79 Å². The second-order valence-electron chi connectivity index (χ2n) is 4.67. The van der Waals surface area contributed by atoms with Crippen LogP contribution in [-0.4, -0.2) is 31.6 Å². The molecule has 0 aliphatic carbocycles. The Balaban J connectivity index is 0.00000400. The maximum Gasteiger partial charge on any atom is 0.307 e. The van der Waals surface area contributed by atoms with Gasteiger partial charge in [0, 0.05) is 18.5 Å². The van der Waals surface area contributed by atoms with Crippen molar-refractivity contribution >= 4 is 47.2 Å². The molecule has 0 saturated carbocycles. The summed E-state index contributed by atoms with van der Waals surface area (Å²) in [5.74, 6) is 0.493. The van der Waals surface area contributed by atoms with Crippen LogP contribution in [0.15, 0.2) is 16.4 Å². The molecule has 0 fully saturated rings. The summed E-state index contributed by atoms with van der Waals surface area (Å²) >= 11 is 1.72. The summed E-state index contributed by atoms with van der Waals surface area (Å²) in [4.78, 5) is 16.8. The van der Waals surface area contributed by atoms with E-state index in [-0.39, 0.29) is 36.0 Å². The summed E-state index contributed by atoms with van der Waals surface area (Å²) < 4.78 is 5.06. The lowest BCUT2D eigenvalue weighted by atomic mass is 10.3. The van der Waals surface area contributed by atoms with Gasteiger partial charge in [-0.25, -0.2) is 0 Å². The SMILES string of the molecule is CN=C(NCCC(=O)OC(C)C)NCc1sccc1C.I. The minimum Gasteiger partial charge on any atom is -0.463 e. The second kappa shape index (κ2) is 10.8. The fourth-order valence-corrected chi connectivity index (χ4v) is 2.42. The van der Waals surface area contributed by atoms with Crippen LogP contribution in [0.4, 0.5) is 0 Å². The normalized spacial score (nSPS) is 11.0. The number of hydrogen-bond donors (Lipinski definition) is 2. The van der Waals surface area contributed by atoms with Crippen LogP contribution in [0.2, 0.25) is 0 Å². The molecule has 1 aromatic rings. The molecule has 0 atom stereocenters. The summed E-state index contributed by atoms with van der Waals surface area (Å²) in [6.07, 6.45) is 0.262. The van der Waals surface area contributed by atoms with Crippen LogP contribution < -0.4 is 10.6 Å². The Morgan fingerprint density at radius 1 is 1.43 bits per heavy atom. The predicted octanol–water partition coefficient (Wildman–Crippen LogP) is 2.68. The van der Waals surface area contributed by atoms with Gasteiger partial charge in [0.05, 0.1) is 19.1 Å². The number of nitrogens with one attached hydrogen (secondary N) is 2. The molecule has 0 aromatic carbocycles. The first-order valence-electron chi connectivity index (χ1n) is 6.70. The Hall–Kier alpha value is -0.830. The zero-order valence-corrected chi connectivity index (χ0v) is 16.1. The zero-order chi connectivity index (χ0) is 15.0. The first-order chi connectivity index (χ1) is 9.52. The highest BCUT2D eigenvalue weighted by Gasteiger charge is 2.06. The van der Waals surface area contributed by atoms with Gasteiger partial charge in [-0.05, 0) is 37.8 Å². The Morgan fingerprint density at radius 2 is 2.14 bits per heavy atom. The van der Waals surface area contributed by atoms with Crippen molar-refractivity contribution in [1.82, 2.24) is 10.6 Å². The molecule has 1 rings (SSSR count). The number of hydrogen-bond acceptors (Lipinski definition) is 4. The molecule has 21 heavy (non-hydrogen) atoms. The van der Waals surface area contributed by atoms with Gasteiger partial charge in [-0.1, -0.05) is 0 Å². The van der Waals surface area contributed by atoms with Crippen LogP contribution in [0.5, 0.6) is 0 Å². The molecule has 2 N–H and O–H groups in total. The van der Waals surface area contributed by atoms with E-state index in [1.807, 2.05) is 13.8 Å². The van der Waals surface area contributed by atoms with Crippen molar-refractivity contribution in [2.45, 2.75) is 39.8 Å². The Kier molecular flexibility index (Phi) is 10.4. The molecule has 7 heteroatoms. The van der Waals surface area contributed by atoms with Gasteiger partial charge in [0.1, 0.15) is 0 Å². The van der Waals surface area contributed by atoms with E-state index in [0.29, 0.717) is 18.9 Å². The Labute approximate surface area is 147 Å². The van der Waals surface area contributed by atoms with Crippen molar-refractivity contribution in [3.05, 3.63) is 21.9 Å². The number of thiophene rings is 1. The van der Waals surface area contributed by atoms with Crippen molar-refractivity contribution in [2.24, 2.45) is 4.99 Å². The van der Waals surface area contributed by atoms with Gasteiger partial charge < -0.3 is 15.4 Å². The average Bonchev–Trinajstić information content (AvgIpc) is 2.78. The number of nitrogens with zero attached hydrogens (tertiary/aromatic N) is 1. The van der Waals surface area contributed by atoms with Crippen molar-refractivity contribution < 1.29 is 9.53 Å². The molecule has 1 aromatic heterocycles. The highest BCUT2D eigenvalue weighted by atomic mass is 127. The molecule has 0 aliphatic heterocycles. The van der Waals surface area contributed by atoms with Crippen LogP contribution >= 0.6 is 35.3 Å². The summed E-state index contributed by atoms with van der Waals surface area (Å²) in [6.45, 7) is 7.02. The third kappa shape index (κ3) is 8.25. The first-order valence-corrected chi connectivity index (χ1v) is 7.58. The molecule has 0 unspecified atom stereocenters. The molecular formula is C14H24IN3O2S. The lowest BCUT2D eigenvalue weighted by Gasteiger charge is -2.12. The number of esters is 1. The summed E-state index contributed by atoms with van der Waals surface area (Å²) in [6, 6.07) is 2.10. The van der Waals surface area contributed by atoms with Crippen molar-refractivity contribution in [2.75, 3.05) is 13.6 Å². The third-order valence-corrected chi connectivity index (χ3v) is 3.62. The number of carbonyl (C=O) groups excluding carboxylic acids is 1. The fraction of sp³-hybridized carbons (Fsp3) is 0.571. The van der Waals surface area contributed by atoms with Gasteiger partial charge in [-0.15, -0.1) is 35.3 Å². The Bertz CT molecular complexity index is 461. The number of ether oxygens (including phenoxy) is 1. The molecule has 0 radical (unpaired) electrons. The van der Waals surface area contributed by atoms with Gasteiger partial charge in [0.2, 0.25) is 0 Å². The van der Waals surface area contributed by atoms with Crippen molar-refractivity contribution in [1.29, 1.82) is 0 Å². The van der Waals surface area contributed by atoms with Crippen LogP contribution in [0.3, 0.4) is 0 Å². The minimum absolute atomic E-state index is 0. The van der Waals surface area contributed by atoms with Gasteiger partial charge in [0.15, 0.2) is 5.96 Å². The second-order valence-corrected chi connectivity index (χ2v) is 5.67. The molecule has 0 saturated heterocycles. The number of aryl methyl sites for hydroxylation is 1. The molecule has 0 amide bonds. The molecule has 1 heterocycles. The van der Waals surface area contributed by atoms with E-state index >= 15 is 0 Å². The van der Waals surface area contributed by atoms with E-state index in [4.69, 9.17) is 4.74 Å². The van der Waals surface area contributed by atoms with E-state index in [1.165, 1.54) is 10.4 Å². The average molecular weight is 425 g/mol. The van der Waals surface area contributed by atoms with Gasteiger partial charge >= 0.3 is 5.97 Å². The number of guanidine groups is 1. The van der Waals surface area contributed by atoms with Crippen LogP contribution in [-0.2, 0) is 16.1 Å². The monoisotopic (exact) mass is 425 g/mol. The number of aliphatic imine (C=N–C) groups is 1. The summed E-state index contributed by atoms with van der Waals surface area (Å²) in [5, 5.41) is 8.40. The first kappa shape index (κ1) is 20.2. The van der Waals surface area contributed by atoms with Crippen molar-refractivity contribution in [3.8, 4) is 0 Å². The zero-order valence-electron chi connectivity index (χ0n) is 12.9. The van der Waals surface area contributed by atoms with Gasteiger partial charge in [-0.2, -0.15) is 0 Å². The van der Waals surface area contributed by atoms with E-state index in [9.17, 15) is 4.79 Å². The fourth-order valence-electron chi connectivity index (χ4n) is 1.57. The predicted molar refractivity (Wildman–Crippen MR) is 98.5 cm³/mol. The molecule has 0 aliphatic rings. The molecule has 5 nitrogen and oxygen atoms in total. The molecule has 0 bridgehead atoms. The molecule has 0 spiro atoms. The largest absolute Gasteiger partial charge is 0.463 e. The van der Waals surface area contributed by atoms with E-state index in [1.54, 1.807) is 18.4 Å². The maximum absolute atomic E-state index is 11.4. The molecule has 120 valence electrons. The molecular weight excluding hydrogens is 401 g/mol. The van der Waals surface area contributed by atoms with Crippen LogP contribution in [0.25, 0.3) is 0 Å². The quantitative estimate of drug-likeness (QED) is 0.319. The van der Waals surface area contributed by atoms with E-state index in [2.05, 4.69) is 34.0 Å². The van der Waals surface area contributed by atoms with Crippen molar-refractivity contribution in [3.63, 3.8) is 0 Å². The van der Waals surface area contributed by atoms with Gasteiger partial charge in [0.25, 0.3) is 0 Å².